The van der Waals surface area contributed by atoms with Crippen molar-refractivity contribution in [1.82, 2.24) is 0 Å². The van der Waals surface area contributed by atoms with Crippen molar-refractivity contribution in [3.8, 4) is 5.75 Å². The summed E-state index contributed by atoms with van der Waals surface area (Å²) in [5.74, 6) is 0.159. The number of anilines is 3. The lowest BCUT2D eigenvalue weighted by Gasteiger charge is -2.09. The van der Waals surface area contributed by atoms with Crippen LogP contribution in [0.1, 0.15) is 20.7 Å². The quantitative estimate of drug-likeness (QED) is 0.603. The fourth-order valence-electron chi connectivity index (χ4n) is 2.45. The van der Waals surface area contributed by atoms with Crippen LogP contribution in [0.4, 0.5) is 17.1 Å². The van der Waals surface area contributed by atoms with Crippen LogP contribution in [0.3, 0.4) is 0 Å². The predicted molar refractivity (Wildman–Crippen MR) is 106 cm³/mol. The van der Waals surface area contributed by atoms with Gasteiger partial charge in [-0.2, -0.15) is 0 Å². The third-order valence-corrected chi connectivity index (χ3v) is 3.90. The maximum absolute atomic E-state index is 12.4. The first-order chi connectivity index (χ1) is 13.0. The number of carbonyl (C=O) groups excluding carboxylic acids is 2. The van der Waals surface area contributed by atoms with E-state index in [0.29, 0.717) is 33.9 Å². The Balaban J connectivity index is 1.69. The van der Waals surface area contributed by atoms with E-state index in [1.54, 1.807) is 79.9 Å². The van der Waals surface area contributed by atoms with E-state index in [1.165, 1.54) is 0 Å². The first kappa shape index (κ1) is 18.0. The summed E-state index contributed by atoms with van der Waals surface area (Å²) in [5.41, 5.74) is 8.31. The molecule has 0 radical (unpaired) electrons. The molecular formula is C21H19N3O3. The highest BCUT2D eigenvalue weighted by atomic mass is 16.5. The lowest BCUT2D eigenvalue weighted by molar-refractivity contribution is 0.101. The molecule has 0 saturated carbocycles. The highest BCUT2D eigenvalue weighted by Gasteiger charge is 2.10. The van der Waals surface area contributed by atoms with Crippen molar-refractivity contribution in [3.63, 3.8) is 0 Å². The summed E-state index contributed by atoms with van der Waals surface area (Å²) in [4.78, 5) is 24.7. The van der Waals surface area contributed by atoms with Gasteiger partial charge in [0.25, 0.3) is 11.8 Å². The summed E-state index contributed by atoms with van der Waals surface area (Å²) in [5, 5.41) is 5.58. The smallest absolute Gasteiger partial charge is 0.255 e. The summed E-state index contributed by atoms with van der Waals surface area (Å²) in [6.07, 6.45) is 0. The van der Waals surface area contributed by atoms with E-state index in [2.05, 4.69) is 10.6 Å². The molecule has 27 heavy (non-hydrogen) atoms. The van der Waals surface area contributed by atoms with Gasteiger partial charge in [0.15, 0.2) is 0 Å². The molecule has 0 aliphatic rings. The second-order valence-electron chi connectivity index (χ2n) is 5.84. The fraction of sp³-hybridized carbons (Fsp3) is 0.0476. The van der Waals surface area contributed by atoms with E-state index in [1.807, 2.05) is 0 Å². The molecule has 3 aromatic rings. The third-order valence-electron chi connectivity index (χ3n) is 3.90. The van der Waals surface area contributed by atoms with E-state index in [4.69, 9.17) is 10.5 Å². The summed E-state index contributed by atoms with van der Waals surface area (Å²) in [7, 11) is 1.58. The molecule has 0 unspecified atom stereocenters. The number of hydrogen-bond acceptors (Lipinski definition) is 4. The Kier molecular flexibility index (Phi) is 5.37. The predicted octanol–water partition coefficient (Wildman–Crippen LogP) is 3.78. The zero-order chi connectivity index (χ0) is 19.2. The van der Waals surface area contributed by atoms with E-state index < -0.39 is 0 Å². The molecule has 2 amide bonds. The van der Waals surface area contributed by atoms with E-state index >= 15 is 0 Å². The van der Waals surface area contributed by atoms with Crippen LogP contribution in [0.15, 0.2) is 72.8 Å². The van der Waals surface area contributed by atoms with Gasteiger partial charge in [-0.25, -0.2) is 0 Å². The van der Waals surface area contributed by atoms with Crippen molar-refractivity contribution in [2.75, 3.05) is 23.5 Å². The zero-order valence-corrected chi connectivity index (χ0v) is 14.7. The number of carbonyl (C=O) groups is 2. The Bertz CT molecular complexity index is 951. The van der Waals surface area contributed by atoms with E-state index in [9.17, 15) is 9.59 Å². The molecule has 0 aliphatic carbocycles. The molecule has 3 rings (SSSR count). The Morgan fingerprint density at radius 3 is 2.07 bits per heavy atom. The molecule has 0 bridgehead atoms. The highest BCUT2D eigenvalue weighted by Crippen LogP contribution is 2.18. The Morgan fingerprint density at radius 1 is 0.778 bits per heavy atom. The molecule has 0 saturated heterocycles. The number of nitrogen functional groups attached to an aromatic ring is 1. The second kappa shape index (κ2) is 8.05. The molecule has 4 N–H and O–H groups in total. The third kappa shape index (κ3) is 4.64. The van der Waals surface area contributed by atoms with Crippen molar-refractivity contribution in [3.05, 3.63) is 83.9 Å². The largest absolute Gasteiger partial charge is 0.497 e. The van der Waals surface area contributed by atoms with Gasteiger partial charge in [-0.15, -0.1) is 0 Å². The first-order valence-electron chi connectivity index (χ1n) is 8.27. The average molecular weight is 361 g/mol. The van der Waals surface area contributed by atoms with Gasteiger partial charge < -0.3 is 21.1 Å². The minimum absolute atomic E-state index is 0.274. The number of rotatable bonds is 5. The molecule has 0 atom stereocenters. The Hall–Kier alpha value is -3.80. The minimum atomic E-state index is -0.275. The Labute approximate surface area is 157 Å². The topological polar surface area (TPSA) is 93.5 Å². The number of amides is 2. The lowest BCUT2D eigenvalue weighted by Crippen LogP contribution is -2.14. The fourth-order valence-corrected chi connectivity index (χ4v) is 2.45. The SMILES string of the molecule is COc1ccc(NC(=O)c2cccc(NC(=O)c3ccc(N)cc3)c2)cc1. The van der Waals surface area contributed by atoms with Gasteiger partial charge in [0.1, 0.15) is 5.75 Å². The van der Waals surface area contributed by atoms with Crippen molar-refractivity contribution in [2.24, 2.45) is 0 Å². The average Bonchev–Trinajstić information content (AvgIpc) is 2.69. The second-order valence-corrected chi connectivity index (χ2v) is 5.84. The highest BCUT2D eigenvalue weighted by molar-refractivity contribution is 6.07. The number of benzene rings is 3. The van der Waals surface area contributed by atoms with Crippen molar-refractivity contribution >= 4 is 28.9 Å². The first-order valence-corrected chi connectivity index (χ1v) is 8.27. The van der Waals surface area contributed by atoms with Gasteiger partial charge in [-0.3, -0.25) is 9.59 Å². The van der Waals surface area contributed by atoms with Gasteiger partial charge in [-0.05, 0) is 66.7 Å². The van der Waals surface area contributed by atoms with E-state index in [-0.39, 0.29) is 11.8 Å². The molecule has 136 valence electrons. The van der Waals surface area contributed by atoms with Gasteiger partial charge in [-0.1, -0.05) is 6.07 Å². The molecule has 0 aliphatic heterocycles. The Morgan fingerprint density at radius 2 is 1.41 bits per heavy atom. The van der Waals surface area contributed by atoms with Gasteiger partial charge >= 0.3 is 0 Å². The van der Waals surface area contributed by atoms with Crippen molar-refractivity contribution < 1.29 is 14.3 Å². The maximum atomic E-state index is 12.4. The molecule has 3 aromatic carbocycles. The minimum Gasteiger partial charge on any atom is -0.497 e. The van der Waals surface area contributed by atoms with E-state index in [0.717, 1.165) is 0 Å². The summed E-state index contributed by atoms with van der Waals surface area (Å²) in [6.45, 7) is 0. The monoisotopic (exact) mass is 361 g/mol. The number of methoxy groups -OCH3 is 1. The maximum Gasteiger partial charge on any atom is 0.255 e. The van der Waals surface area contributed by atoms with Crippen LogP contribution in [-0.4, -0.2) is 18.9 Å². The normalized spacial score (nSPS) is 10.1. The zero-order valence-electron chi connectivity index (χ0n) is 14.7. The summed E-state index contributed by atoms with van der Waals surface area (Å²) >= 11 is 0. The molecule has 0 fully saturated rings. The number of nitrogens with two attached hydrogens (primary N) is 1. The molecule has 6 heteroatoms. The standard InChI is InChI=1S/C21H19N3O3/c1-27-19-11-9-17(10-12-19)23-21(26)15-3-2-4-18(13-15)24-20(25)14-5-7-16(22)8-6-14/h2-13H,22H2,1H3,(H,23,26)(H,24,25). The number of hydrogen-bond donors (Lipinski definition) is 3. The number of ether oxygens (including phenoxy) is 1. The molecule has 0 aromatic heterocycles. The summed E-state index contributed by atoms with van der Waals surface area (Å²) in [6, 6.07) is 20.4. The summed E-state index contributed by atoms with van der Waals surface area (Å²) < 4.78 is 5.09. The van der Waals surface area contributed by atoms with Crippen LogP contribution in [-0.2, 0) is 0 Å². The van der Waals surface area contributed by atoms with Crippen LogP contribution in [0, 0.1) is 0 Å². The van der Waals surface area contributed by atoms with Gasteiger partial charge in [0, 0.05) is 28.2 Å². The van der Waals surface area contributed by atoms with Crippen LogP contribution in [0.25, 0.3) is 0 Å². The van der Waals surface area contributed by atoms with Crippen molar-refractivity contribution in [1.29, 1.82) is 0 Å². The number of nitrogens with one attached hydrogen (secondary N) is 2. The van der Waals surface area contributed by atoms with Gasteiger partial charge in [0.05, 0.1) is 7.11 Å². The van der Waals surface area contributed by atoms with Crippen LogP contribution in [0.2, 0.25) is 0 Å². The lowest BCUT2D eigenvalue weighted by atomic mass is 10.1. The van der Waals surface area contributed by atoms with Crippen LogP contribution < -0.4 is 21.1 Å². The molecule has 0 heterocycles. The van der Waals surface area contributed by atoms with Gasteiger partial charge in [0.2, 0.25) is 0 Å². The molecule has 6 nitrogen and oxygen atoms in total. The van der Waals surface area contributed by atoms with Crippen molar-refractivity contribution in [2.45, 2.75) is 0 Å². The molecular weight excluding hydrogens is 342 g/mol. The molecule has 0 spiro atoms. The van der Waals surface area contributed by atoms with Crippen LogP contribution >= 0.6 is 0 Å². The van der Waals surface area contributed by atoms with Crippen LogP contribution in [0.5, 0.6) is 5.75 Å².